The average molecular weight is 457 g/mol. The van der Waals surface area contributed by atoms with Gasteiger partial charge in [-0.05, 0) is 57.0 Å². The number of aromatic amines is 1. The molecule has 1 saturated carbocycles. The van der Waals surface area contributed by atoms with E-state index >= 15 is 0 Å². The normalized spacial score (nSPS) is 21.3. The lowest BCUT2D eigenvalue weighted by Gasteiger charge is -2.23. The van der Waals surface area contributed by atoms with Crippen LogP contribution in [-0.4, -0.2) is 51.7 Å². The van der Waals surface area contributed by atoms with Crippen molar-refractivity contribution in [1.29, 1.82) is 0 Å². The third kappa shape index (κ3) is 5.55. The Hall–Kier alpha value is -2.72. The number of fused-ring (bicyclic) bond motifs is 1. The monoisotopic (exact) mass is 456 g/mol. The summed E-state index contributed by atoms with van der Waals surface area (Å²) in [7, 11) is 1.79. The van der Waals surface area contributed by atoms with Crippen LogP contribution in [0, 0.1) is 12.8 Å². The van der Waals surface area contributed by atoms with E-state index < -0.39 is 0 Å². The number of rotatable bonds is 8. The molecule has 1 aliphatic rings. The number of nitrogens with one attached hydrogen (secondary N) is 5. The molecular formula is C22H32N8OS. The first-order valence-corrected chi connectivity index (χ1v) is 12.2. The zero-order chi connectivity index (χ0) is 22.5. The predicted molar refractivity (Wildman–Crippen MR) is 130 cm³/mol. The Kier molecular flexibility index (Phi) is 7.21. The number of anilines is 3. The molecule has 0 aromatic carbocycles. The van der Waals surface area contributed by atoms with Crippen LogP contribution in [0.25, 0.3) is 10.2 Å². The Bertz CT molecular complexity index is 1050. The van der Waals surface area contributed by atoms with Gasteiger partial charge in [-0.15, -0.1) is 11.3 Å². The van der Waals surface area contributed by atoms with Gasteiger partial charge in [0.25, 0.3) is 0 Å². The maximum absolute atomic E-state index is 12.1. The van der Waals surface area contributed by atoms with Crippen LogP contribution >= 0.6 is 11.3 Å². The number of hydrogen-bond donors (Lipinski definition) is 5. The molecule has 0 radical (unpaired) electrons. The van der Waals surface area contributed by atoms with Crippen molar-refractivity contribution in [2.24, 2.45) is 5.92 Å². The molecule has 3 heterocycles. The zero-order valence-electron chi connectivity index (χ0n) is 18.9. The third-order valence-electron chi connectivity index (χ3n) is 5.98. The Morgan fingerprint density at radius 2 is 2.12 bits per heavy atom. The molecule has 9 nitrogen and oxygen atoms in total. The highest BCUT2D eigenvalue weighted by atomic mass is 32.1. The van der Waals surface area contributed by atoms with E-state index in [2.05, 4.69) is 38.4 Å². The summed E-state index contributed by atoms with van der Waals surface area (Å²) < 4.78 is 1.00. The largest absolute Gasteiger partial charge is 0.352 e. The van der Waals surface area contributed by atoms with Crippen molar-refractivity contribution in [1.82, 2.24) is 30.8 Å². The minimum atomic E-state index is 0.0444. The first-order chi connectivity index (χ1) is 15.5. The second-order valence-electron chi connectivity index (χ2n) is 8.55. The van der Waals surface area contributed by atoms with Gasteiger partial charge in [-0.3, -0.25) is 9.89 Å². The Morgan fingerprint density at radius 1 is 1.25 bits per heavy atom. The highest BCUT2D eigenvalue weighted by molar-refractivity contribution is 7.17. The van der Waals surface area contributed by atoms with Crippen molar-refractivity contribution in [2.45, 2.75) is 58.0 Å². The van der Waals surface area contributed by atoms with Crippen molar-refractivity contribution in [3.63, 3.8) is 0 Å². The predicted octanol–water partition coefficient (Wildman–Crippen LogP) is 3.55. The van der Waals surface area contributed by atoms with Crippen LogP contribution in [0.4, 0.5) is 17.6 Å². The number of nitrogens with zero attached hydrogens (tertiary/aromatic N) is 3. The minimum Gasteiger partial charge on any atom is -0.352 e. The standard InChI is InChI=1S/C22H32N8OS/c1-4-14-5-6-15(24-19(31)12-23-3)11-16(10-14)25-22-26-17-7-8-32-20(17)21(28-22)27-18-9-13(2)29-30-18/h7-9,14-16,23H,4-6,10-12H2,1-3H3,(H,24,31)(H3,25,26,27,28,29,30). The molecule has 3 aromatic heterocycles. The van der Waals surface area contributed by atoms with Gasteiger partial charge in [-0.25, -0.2) is 4.98 Å². The fourth-order valence-corrected chi connectivity index (χ4v) is 5.15. The number of aromatic nitrogens is 4. The fourth-order valence-electron chi connectivity index (χ4n) is 4.37. The number of aryl methyl sites for hydroxylation is 1. The number of amides is 1. The smallest absolute Gasteiger partial charge is 0.234 e. The van der Waals surface area contributed by atoms with Gasteiger partial charge < -0.3 is 21.3 Å². The second kappa shape index (κ2) is 10.3. The van der Waals surface area contributed by atoms with Crippen LogP contribution in [0.5, 0.6) is 0 Å². The molecule has 0 bridgehead atoms. The zero-order valence-corrected chi connectivity index (χ0v) is 19.7. The molecule has 172 valence electrons. The van der Waals surface area contributed by atoms with Crippen LogP contribution in [0.1, 0.15) is 44.7 Å². The van der Waals surface area contributed by atoms with Crippen LogP contribution in [0.3, 0.4) is 0 Å². The summed E-state index contributed by atoms with van der Waals surface area (Å²) in [5, 5.41) is 22.3. The van der Waals surface area contributed by atoms with Crippen molar-refractivity contribution >= 4 is 45.0 Å². The molecule has 4 rings (SSSR count). The number of thiophene rings is 1. The molecule has 5 N–H and O–H groups in total. The van der Waals surface area contributed by atoms with E-state index in [1.54, 1.807) is 18.4 Å². The summed E-state index contributed by atoms with van der Waals surface area (Å²) in [5.74, 6) is 2.75. The lowest BCUT2D eigenvalue weighted by molar-refractivity contribution is -0.120. The molecule has 0 saturated heterocycles. The number of hydrogen-bond acceptors (Lipinski definition) is 8. The van der Waals surface area contributed by atoms with Gasteiger partial charge in [0, 0.05) is 23.8 Å². The Labute approximate surface area is 192 Å². The lowest BCUT2D eigenvalue weighted by Crippen LogP contribution is -2.41. The van der Waals surface area contributed by atoms with Gasteiger partial charge >= 0.3 is 0 Å². The second-order valence-corrected chi connectivity index (χ2v) is 9.47. The first-order valence-electron chi connectivity index (χ1n) is 11.3. The van der Waals surface area contributed by atoms with Gasteiger partial charge in [0.1, 0.15) is 0 Å². The van der Waals surface area contributed by atoms with Crippen molar-refractivity contribution in [2.75, 3.05) is 24.2 Å². The average Bonchev–Trinajstić information content (AvgIpc) is 3.34. The van der Waals surface area contributed by atoms with E-state index in [9.17, 15) is 4.79 Å². The van der Waals surface area contributed by atoms with Gasteiger partial charge in [0.2, 0.25) is 11.9 Å². The van der Waals surface area contributed by atoms with Crippen molar-refractivity contribution < 1.29 is 4.79 Å². The van der Waals surface area contributed by atoms with E-state index in [4.69, 9.17) is 9.97 Å². The maximum atomic E-state index is 12.1. The highest BCUT2D eigenvalue weighted by Gasteiger charge is 2.27. The van der Waals surface area contributed by atoms with Gasteiger partial charge in [0.05, 0.1) is 16.8 Å². The van der Waals surface area contributed by atoms with Gasteiger partial charge in [-0.2, -0.15) is 10.1 Å². The Morgan fingerprint density at radius 3 is 2.88 bits per heavy atom. The number of likely N-dealkylation sites (N-methyl/N-ethyl adjacent to an activating group) is 1. The molecule has 3 unspecified atom stereocenters. The Balaban J connectivity index is 1.54. The first kappa shape index (κ1) is 22.5. The summed E-state index contributed by atoms with van der Waals surface area (Å²) >= 11 is 1.61. The fraction of sp³-hybridized carbons (Fsp3) is 0.545. The van der Waals surface area contributed by atoms with Gasteiger partial charge in [-0.1, -0.05) is 13.3 Å². The van der Waals surface area contributed by atoms with Crippen molar-refractivity contribution in [3.8, 4) is 0 Å². The number of carbonyl (C=O) groups is 1. The SMILES string of the molecule is CCC1CCC(NC(=O)CNC)CC(Nc2nc(Nc3cc(C)[nH]n3)c3sccc3n2)C1. The molecule has 1 aliphatic carbocycles. The van der Waals surface area contributed by atoms with E-state index in [0.29, 0.717) is 18.4 Å². The third-order valence-corrected chi connectivity index (χ3v) is 6.89. The van der Waals surface area contributed by atoms with E-state index in [1.807, 2.05) is 24.4 Å². The molecular weight excluding hydrogens is 424 g/mol. The van der Waals surface area contributed by atoms with E-state index in [0.717, 1.165) is 59.7 Å². The molecule has 0 aliphatic heterocycles. The molecule has 10 heteroatoms. The van der Waals surface area contributed by atoms with Crippen LogP contribution < -0.4 is 21.3 Å². The summed E-state index contributed by atoms with van der Waals surface area (Å²) in [6.45, 7) is 4.54. The summed E-state index contributed by atoms with van der Waals surface area (Å²) in [4.78, 5) is 21.7. The molecule has 32 heavy (non-hydrogen) atoms. The quantitative estimate of drug-likeness (QED) is 0.329. The van der Waals surface area contributed by atoms with Gasteiger partial charge in [0.15, 0.2) is 11.6 Å². The van der Waals surface area contributed by atoms with Crippen molar-refractivity contribution in [3.05, 3.63) is 23.2 Å². The van der Waals surface area contributed by atoms with E-state index in [-0.39, 0.29) is 18.0 Å². The lowest BCUT2D eigenvalue weighted by atomic mass is 9.96. The maximum Gasteiger partial charge on any atom is 0.234 e. The summed E-state index contributed by atoms with van der Waals surface area (Å²) in [6.07, 6.45) is 5.15. The number of carbonyl (C=O) groups excluding carboxylic acids is 1. The van der Waals surface area contributed by atoms with Crippen LogP contribution in [0.15, 0.2) is 17.5 Å². The summed E-state index contributed by atoms with van der Waals surface area (Å²) in [6, 6.07) is 4.30. The summed E-state index contributed by atoms with van der Waals surface area (Å²) in [5.41, 5.74) is 1.89. The topological polar surface area (TPSA) is 120 Å². The van der Waals surface area contributed by atoms with Crippen LogP contribution in [-0.2, 0) is 4.79 Å². The number of H-pyrrole nitrogens is 1. The molecule has 3 atom stereocenters. The molecule has 0 spiro atoms. The van der Waals surface area contributed by atoms with Crippen LogP contribution in [0.2, 0.25) is 0 Å². The van der Waals surface area contributed by atoms with E-state index in [1.165, 1.54) is 0 Å². The molecule has 1 fully saturated rings. The highest BCUT2D eigenvalue weighted by Crippen LogP contribution is 2.31. The molecule has 3 aromatic rings. The minimum absolute atomic E-state index is 0.0444. The molecule has 1 amide bonds.